The molecule has 0 aliphatic rings. The minimum Gasteiger partial charge on any atom is -0.459 e. The maximum Gasteiger partial charge on any atom is 0.410 e. The molecule has 26 heteroatoms. The van der Waals surface area contributed by atoms with Crippen LogP contribution in [0.2, 0.25) is 0 Å². The number of fused-ring (bicyclic) bond motifs is 1. The summed E-state index contributed by atoms with van der Waals surface area (Å²) in [6.45, 7) is 26.3. The second-order valence-electron chi connectivity index (χ2n) is 23.6. The highest BCUT2D eigenvalue weighted by Crippen LogP contribution is 2.19. The number of nitrogens with one attached hydrogen (secondary N) is 6. The number of benzene rings is 1. The minimum absolute atomic E-state index is 0.0183. The monoisotopic (exact) mass is 1170 g/mol. The van der Waals surface area contributed by atoms with Crippen molar-refractivity contribution in [2.45, 2.75) is 183 Å². The number of anilines is 2. The third-order valence-electron chi connectivity index (χ3n) is 11.2. The van der Waals surface area contributed by atoms with E-state index in [0.29, 0.717) is 54.8 Å². The number of H-pyrrole nitrogens is 1. The van der Waals surface area contributed by atoms with Gasteiger partial charge in [-0.05, 0) is 145 Å². The van der Waals surface area contributed by atoms with Gasteiger partial charge in [-0.25, -0.2) is 28.8 Å². The maximum atomic E-state index is 14.1. The van der Waals surface area contributed by atoms with Crippen LogP contribution in [0.15, 0.2) is 29.1 Å². The van der Waals surface area contributed by atoms with Crippen LogP contribution >= 0.6 is 11.8 Å². The van der Waals surface area contributed by atoms with Crippen molar-refractivity contribution in [3.8, 4) is 0 Å². The molecule has 3 rings (SSSR count). The second kappa shape index (κ2) is 32.6. The molecule has 0 fully saturated rings. The molecule has 82 heavy (non-hydrogen) atoms. The molecule has 0 radical (unpaired) electrons. The molecule has 0 aliphatic heterocycles. The van der Waals surface area contributed by atoms with Gasteiger partial charge in [-0.2, -0.15) is 21.7 Å². The predicted molar refractivity (Wildman–Crippen MR) is 316 cm³/mol. The van der Waals surface area contributed by atoms with Gasteiger partial charge in [0.25, 0.3) is 0 Å². The SMILES string of the molecule is CCCCNc1nc(N)c2[nH]c(=O)n(Cc3ccc(C(=O)OC[C@H](NC(=O)[C@H](CSCCC)NC(=O)OC(C)(C)C)C(=O)NCCCN(CCCCN(CCCNC(=O)OC(C)(C)C)C(=O)OC(C)(C)C)C(=O)OC(C)(C)C)cc3)c2n1. The molecule has 0 saturated carbocycles. The molecule has 25 nitrogen and oxygen atoms in total. The molecule has 2 heterocycles. The van der Waals surface area contributed by atoms with Crippen LogP contribution in [0, 0.1) is 0 Å². The largest absolute Gasteiger partial charge is 0.459 e. The Bertz CT molecular complexity index is 2620. The third-order valence-corrected chi connectivity index (χ3v) is 12.5. The van der Waals surface area contributed by atoms with E-state index in [4.69, 9.17) is 29.4 Å². The number of amides is 6. The molecule has 0 aliphatic carbocycles. The van der Waals surface area contributed by atoms with Crippen LogP contribution in [0.4, 0.5) is 30.9 Å². The Labute approximate surface area is 486 Å². The molecular weight excluding hydrogens is 1080 g/mol. The van der Waals surface area contributed by atoms with E-state index in [-0.39, 0.29) is 68.8 Å². The van der Waals surface area contributed by atoms with E-state index in [2.05, 4.69) is 48.5 Å². The first-order chi connectivity index (χ1) is 38.3. The van der Waals surface area contributed by atoms with Crippen molar-refractivity contribution in [1.82, 2.24) is 50.6 Å². The Morgan fingerprint density at radius 3 is 1.72 bits per heavy atom. The number of imidazole rings is 1. The van der Waals surface area contributed by atoms with Gasteiger partial charge in [-0.1, -0.05) is 32.4 Å². The zero-order chi connectivity index (χ0) is 61.4. The average Bonchev–Trinajstić information content (AvgIpc) is 3.75. The number of nitrogens with two attached hydrogens (primary N) is 1. The van der Waals surface area contributed by atoms with E-state index in [0.717, 1.165) is 19.3 Å². The van der Waals surface area contributed by atoms with Gasteiger partial charge in [-0.15, -0.1) is 0 Å². The number of hydrogen-bond acceptors (Lipinski definition) is 18. The first-order valence-corrected chi connectivity index (χ1v) is 29.3. The lowest BCUT2D eigenvalue weighted by atomic mass is 10.1. The molecule has 3 aromatic rings. The van der Waals surface area contributed by atoms with Crippen molar-refractivity contribution >= 4 is 76.8 Å². The molecular formula is C56H92N12O13S. The lowest BCUT2D eigenvalue weighted by Gasteiger charge is -2.29. The Hall–Kier alpha value is -6.99. The van der Waals surface area contributed by atoms with E-state index >= 15 is 0 Å². The second-order valence-corrected chi connectivity index (χ2v) is 24.8. The molecule has 2 atom stereocenters. The normalized spacial score (nSPS) is 12.6. The van der Waals surface area contributed by atoms with Gasteiger partial charge in [0.05, 0.1) is 12.1 Å². The summed E-state index contributed by atoms with van der Waals surface area (Å²) in [5.41, 5.74) is 3.96. The fraction of sp³-hybridized carbons (Fsp3) is 0.679. The molecule has 0 bridgehead atoms. The summed E-state index contributed by atoms with van der Waals surface area (Å²) in [7, 11) is 0. The Morgan fingerprint density at radius 2 is 1.18 bits per heavy atom. The van der Waals surface area contributed by atoms with Crippen molar-refractivity contribution in [3.05, 3.63) is 45.9 Å². The van der Waals surface area contributed by atoms with E-state index in [1.54, 1.807) is 100 Å². The molecule has 2 aromatic heterocycles. The van der Waals surface area contributed by atoms with Crippen molar-refractivity contribution in [2.24, 2.45) is 0 Å². The number of nitrogen functional groups attached to an aromatic ring is 1. The van der Waals surface area contributed by atoms with Crippen LogP contribution in [0.1, 0.15) is 158 Å². The number of aromatic nitrogens is 4. The van der Waals surface area contributed by atoms with Gasteiger partial charge in [0.2, 0.25) is 17.8 Å². The van der Waals surface area contributed by atoms with E-state index < -0.39 is 88.9 Å². The zero-order valence-corrected chi connectivity index (χ0v) is 51.5. The van der Waals surface area contributed by atoms with Gasteiger partial charge in [0.15, 0.2) is 11.5 Å². The summed E-state index contributed by atoms with van der Waals surface area (Å²) < 4.78 is 29.2. The van der Waals surface area contributed by atoms with Gasteiger partial charge < -0.3 is 70.8 Å². The smallest absolute Gasteiger partial charge is 0.410 e. The van der Waals surface area contributed by atoms with E-state index in [1.165, 1.54) is 33.4 Å². The highest BCUT2D eigenvalue weighted by atomic mass is 32.2. The molecule has 460 valence electrons. The topological polar surface area (TPSA) is 322 Å². The number of nitrogens with zero attached hydrogens (tertiary/aromatic N) is 5. The third kappa shape index (κ3) is 26.7. The van der Waals surface area contributed by atoms with E-state index in [9.17, 15) is 38.4 Å². The maximum absolute atomic E-state index is 14.1. The lowest BCUT2D eigenvalue weighted by molar-refractivity contribution is -0.130. The lowest BCUT2D eigenvalue weighted by Crippen LogP contribution is -2.56. The fourth-order valence-corrected chi connectivity index (χ4v) is 8.41. The van der Waals surface area contributed by atoms with Crippen molar-refractivity contribution in [1.29, 1.82) is 0 Å². The van der Waals surface area contributed by atoms with Crippen molar-refractivity contribution in [2.75, 3.05) is 75.0 Å². The molecule has 0 spiro atoms. The van der Waals surface area contributed by atoms with Gasteiger partial charge >= 0.3 is 36.0 Å². The van der Waals surface area contributed by atoms with E-state index in [1.807, 2.05) is 6.92 Å². The van der Waals surface area contributed by atoms with Crippen LogP contribution in [0.5, 0.6) is 0 Å². The summed E-state index contributed by atoms with van der Waals surface area (Å²) >= 11 is 1.42. The van der Waals surface area contributed by atoms with Crippen LogP contribution in [0.3, 0.4) is 0 Å². The molecule has 1 aromatic carbocycles. The minimum atomic E-state index is -1.44. The number of aromatic amines is 1. The summed E-state index contributed by atoms with van der Waals surface area (Å²) in [4.78, 5) is 121. The van der Waals surface area contributed by atoms with Crippen molar-refractivity contribution in [3.63, 3.8) is 0 Å². The van der Waals surface area contributed by atoms with Crippen molar-refractivity contribution < 1.29 is 57.2 Å². The number of rotatable bonds is 30. The first-order valence-electron chi connectivity index (χ1n) is 28.1. The number of hydrogen-bond donors (Lipinski definition) is 7. The highest BCUT2D eigenvalue weighted by Gasteiger charge is 2.31. The summed E-state index contributed by atoms with van der Waals surface area (Å²) in [5.74, 6) is -1.02. The number of carbonyl (C=O) groups excluding carboxylic acids is 7. The molecule has 8 N–H and O–H groups in total. The molecule has 0 saturated heterocycles. The standard InChI is InChI=1S/C56H92N12O13S/c1-15-17-26-59-47-64-42(57)41-43(65-47)68(48(72)63-41)34-37-22-24-38(25-23-37)46(71)77-35-39(61-45(70)40(36-82-33-16-2)62-50(74)79-54(6,7)8)44(69)58-27-20-31-66(51(75)80-55(9,10)11)29-18-19-30-67(52(76)81-56(12,13)14)32-21-28-60-49(73)78-53(3,4)5/h22-25,39-40H,15-21,26-36H2,1-14H3,(H,58,69)(H,60,73)(H,61,70)(H,62,74)(H,63,72)(H3,57,59,64,65)/t39-,40-/m0/s1. The fourth-order valence-electron chi connectivity index (χ4n) is 7.49. The zero-order valence-electron chi connectivity index (χ0n) is 50.7. The summed E-state index contributed by atoms with van der Waals surface area (Å²) in [6, 6.07) is 3.69. The number of carbonyl (C=O) groups is 7. The number of esters is 1. The number of ether oxygens (including phenoxy) is 5. The van der Waals surface area contributed by atoms with Gasteiger partial charge in [0, 0.05) is 51.6 Å². The number of alkyl carbamates (subject to hydrolysis) is 2. The highest BCUT2D eigenvalue weighted by molar-refractivity contribution is 7.99. The van der Waals surface area contributed by atoms with Crippen LogP contribution in [-0.4, -0.2) is 170 Å². The van der Waals surface area contributed by atoms with Gasteiger partial charge in [0.1, 0.15) is 46.6 Å². The summed E-state index contributed by atoms with van der Waals surface area (Å²) in [6.07, 6.45) is 1.76. The molecule has 0 unspecified atom stereocenters. The first kappa shape index (κ1) is 69.3. The molecule has 6 amide bonds. The Morgan fingerprint density at radius 1 is 0.646 bits per heavy atom. The Balaban J connectivity index is 1.77. The van der Waals surface area contributed by atoms with Crippen LogP contribution in [-0.2, 0) is 39.8 Å². The Kier molecular flexibility index (Phi) is 27.5. The summed E-state index contributed by atoms with van der Waals surface area (Å²) in [5, 5.41) is 13.9. The van der Waals surface area contributed by atoms with Gasteiger partial charge in [-0.3, -0.25) is 14.2 Å². The average molecular weight is 1170 g/mol. The van der Waals surface area contributed by atoms with Crippen LogP contribution < -0.4 is 38.0 Å². The van der Waals surface area contributed by atoms with Crippen LogP contribution in [0.25, 0.3) is 11.2 Å². The predicted octanol–water partition coefficient (Wildman–Crippen LogP) is 7.32. The quantitative estimate of drug-likeness (QED) is 0.0195. The number of unbranched alkanes of at least 4 members (excludes halogenated alkanes) is 2. The number of thioether (sulfide) groups is 1.